The van der Waals surface area contributed by atoms with E-state index in [1.165, 1.54) is 19.3 Å². The van der Waals surface area contributed by atoms with Gasteiger partial charge in [-0.15, -0.1) is 0 Å². The minimum absolute atomic E-state index is 0.0813. The highest BCUT2D eigenvalue weighted by Gasteiger charge is 2.52. The van der Waals surface area contributed by atoms with Gasteiger partial charge < -0.3 is 5.11 Å². The third-order valence-electron chi connectivity index (χ3n) is 3.24. The van der Waals surface area contributed by atoms with Gasteiger partial charge in [-0.3, -0.25) is 0 Å². The Morgan fingerprint density at radius 1 is 1.36 bits per heavy atom. The number of alkyl halides is 2. The summed E-state index contributed by atoms with van der Waals surface area (Å²) in [6.07, 6.45) is 4.78. The maximum absolute atomic E-state index is 10.2. The normalized spacial score (nSPS) is 49.1. The lowest BCUT2D eigenvalue weighted by Gasteiger charge is -2.33. The molecule has 1 N–H and O–H groups in total. The quantitative estimate of drug-likeness (QED) is 0.734. The average Bonchev–Trinajstić information content (AvgIpc) is 2.45. The lowest BCUT2D eigenvalue weighted by molar-refractivity contribution is 0.00544. The van der Waals surface area contributed by atoms with Gasteiger partial charge in [0, 0.05) is 0 Å². The standard InChI is InChI=1S/C8H12Br2O/c9-7(10)8(11)4-5-1-2-6(8)3-5/h5-7,11H,1-4H2/t5-,6+,8+/m0/s1. The van der Waals surface area contributed by atoms with Crippen LogP contribution in [0.4, 0.5) is 0 Å². The lowest BCUT2D eigenvalue weighted by Crippen LogP contribution is -2.40. The van der Waals surface area contributed by atoms with Crippen molar-refractivity contribution < 1.29 is 5.11 Å². The molecule has 2 rings (SSSR count). The van der Waals surface area contributed by atoms with Crippen LogP contribution in [0.3, 0.4) is 0 Å². The van der Waals surface area contributed by atoms with Crippen LogP contribution >= 0.6 is 31.9 Å². The Bertz CT molecular complexity index is 171. The maximum Gasteiger partial charge on any atom is 0.0986 e. The van der Waals surface area contributed by atoms with Gasteiger partial charge in [-0.2, -0.15) is 0 Å². The summed E-state index contributed by atoms with van der Waals surface area (Å²) in [4.78, 5) is 0. The number of fused-ring (bicyclic) bond motifs is 2. The van der Waals surface area contributed by atoms with Gasteiger partial charge in [0.25, 0.3) is 0 Å². The van der Waals surface area contributed by atoms with Crippen LogP contribution in [-0.4, -0.2) is 14.4 Å². The molecule has 0 aromatic rings. The van der Waals surface area contributed by atoms with Gasteiger partial charge in [-0.25, -0.2) is 0 Å². The van der Waals surface area contributed by atoms with E-state index in [9.17, 15) is 5.11 Å². The van der Waals surface area contributed by atoms with E-state index in [-0.39, 0.29) is 3.74 Å². The van der Waals surface area contributed by atoms with Crippen LogP contribution < -0.4 is 0 Å². The van der Waals surface area contributed by atoms with Crippen molar-refractivity contribution in [2.75, 3.05) is 0 Å². The smallest absolute Gasteiger partial charge is 0.0986 e. The predicted molar refractivity (Wildman–Crippen MR) is 52.0 cm³/mol. The van der Waals surface area contributed by atoms with E-state index in [1.807, 2.05) is 0 Å². The number of rotatable bonds is 1. The lowest BCUT2D eigenvalue weighted by atomic mass is 9.86. The predicted octanol–water partition coefficient (Wildman–Crippen LogP) is 2.65. The Balaban J connectivity index is 2.16. The number of halogens is 2. The van der Waals surface area contributed by atoms with E-state index in [1.54, 1.807) is 0 Å². The first-order valence-electron chi connectivity index (χ1n) is 4.13. The molecule has 11 heavy (non-hydrogen) atoms. The molecule has 0 amide bonds. The molecule has 0 saturated heterocycles. The summed E-state index contributed by atoms with van der Waals surface area (Å²) in [5.74, 6) is 1.33. The highest BCUT2D eigenvalue weighted by atomic mass is 79.9. The fraction of sp³-hybridized carbons (Fsp3) is 1.00. The third kappa shape index (κ3) is 1.20. The van der Waals surface area contributed by atoms with Gasteiger partial charge in [0.05, 0.1) is 9.34 Å². The summed E-state index contributed by atoms with van der Waals surface area (Å²) < 4.78 is 0.0813. The largest absolute Gasteiger partial charge is 0.388 e. The molecule has 0 radical (unpaired) electrons. The highest BCUT2D eigenvalue weighted by molar-refractivity contribution is 9.24. The molecule has 3 heteroatoms. The molecule has 2 aliphatic carbocycles. The van der Waals surface area contributed by atoms with Crippen molar-refractivity contribution in [1.29, 1.82) is 0 Å². The molecule has 1 nitrogen and oxygen atoms in total. The number of aliphatic hydroxyl groups is 1. The van der Waals surface area contributed by atoms with Gasteiger partial charge in [0.2, 0.25) is 0 Å². The van der Waals surface area contributed by atoms with E-state index in [0.717, 1.165) is 12.3 Å². The number of hydrogen-bond acceptors (Lipinski definition) is 1. The van der Waals surface area contributed by atoms with Gasteiger partial charge in [-0.1, -0.05) is 31.9 Å². The van der Waals surface area contributed by atoms with Gasteiger partial charge in [0.1, 0.15) is 0 Å². The van der Waals surface area contributed by atoms with Crippen LogP contribution in [0.25, 0.3) is 0 Å². The van der Waals surface area contributed by atoms with Crippen LogP contribution in [0.1, 0.15) is 25.7 Å². The van der Waals surface area contributed by atoms with Crippen LogP contribution in [0.15, 0.2) is 0 Å². The van der Waals surface area contributed by atoms with Crippen molar-refractivity contribution in [2.45, 2.75) is 35.0 Å². The summed E-state index contributed by atoms with van der Waals surface area (Å²) in [5.41, 5.74) is -0.455. The second kappa shape index (κ2) is 2.71. The summed E-state index contributed by atoms with van der Waals surface area (Å²) in [7, 11) is 0. The topological polar surface area (TPSA) is 20.2 Å². The molecule has 3 atom stereocenters. The van der Waals surface area contributed by atoms with Gasteiger partial charge in [0.15, 0.2) is 0 Å². The fourth-order valence-corrected chi connectivity index (χ4v) is 3.73. The molecule has 2 bridgehead atoms. The first-order valence-corrected chi connectivity index (χ1v) is 5.96. The fourth-order valence-electron chi connectivity index (χ4n) is 2.61. The molecule has 0 aliphatic heterocycles. The van der Waals surface area contributed by atoms with Gasteiger partial charge in [-0.05, 0) is 37.5 Å². The molecule has 0 aromatic heterocycles. The van der Waals surface area contributed by atoms with Crippen LogP contribution in [-0.2, 0) is 0 Å². The summed E-state index contributed by atoms with van der Waals surface area (Å²) in [6, 6.07) is 0. The molecule has 2 fully saturated rings. The minimum Gasteiger partial charge on any atom is -0.388 e. The molecule has 0 aromatic carbocycles. The molecule has 0 spiro atoms. The highest BCUT2D eigenvalue weighted by Crippen LogP contribution is 2.54. The Morgan fingerprint density at radius 3 is 2.36 bits per heavy atom. The van der Waals surface area contributed by atoms with Crippen molar-refractivity contribution in [3.8, 4) is 0 Å². The van der Waals surface area contributed by atoms with Gasteiger partial charge >= 0.3 is 0 Å². The molecular weight excluding hydrogens is 272 g/mol. The van der Waals surface area contributed by atoms with Crippen molar-refractivity contribution >= 4 is 31.9 Å². The minimum atomic E-state index is -0.455. The zero-order chi connectivity index (χ0) is 8.06. The number of hydrogen-bond donors (Lipinski definition) is 1. The van der Waals surface area contributed by atoms with Crippen molar-refractivity contribution in [1.82, 2.24) is 0 Å². The molecule has 2 saturated carbocycles. The van der Waals surface area contributed by atoms with E-state index in [2.05, 4.69) is 31.9 Å². The average molecular weight is 284 g/mol. The van der Waals surface area contributed by atoms with E-state index in [4.69, 9.17) is 0 Å². The van der Waals surface area contributed by atoms with E-state index < -0.39 is 5.60 Å². The Hall–Kier alpha value is 0.920. The Kier molecular flexibility index (Phi) is 2.10. The van der Waals surface area contributed by atoms with E-state index in [0.29, 0.717) is 5.92 Å². The van der Waals surface area contributed by atoms with Crippen LogP contribution in [0.2, 0.25) is 0 Å². The van der Waals surface area contributed by atoms with Crippen LogP contribution in [0.5, 0.6) is 0 Å². The summed E-state index contributed by atoms with van der Waals surface area (Å²) in [5, 5.41) is 10.2. The third-order valence-corrected chi connectivity index (χ3v) is 4.83. The second-order valence-electron chi connectivity index (χ2n) is 3.87. The van der Waals surface area contributed by atoms with Crippen molar-refractivity contribution in [3.05, 3.63) is 0 Å². The molecule has 2 aliphatic rings. The summed E-state index contributed by atoms with van der Waals surface area (Å²) in [6.45, 7) is 0. The zero-order valence-corrected chi connectivity index (χ0v) is 9.44. The first-order chi connectivity index (χ1) is 5.13. The zero-order valence-electron chi connectivity index (χ0n) is 6.26. The molecule has 0 unspecified atom stereocenters. The van der Waals surface area contributed by atoms with E-state index >= 15 is 0 Å². The second-order valence-corrected chi connectivity index (χ2v) is 6.93. The Labute approximate surface area is 83.8 Å². The van der Waals surface area contributed by atoms with Crippen LogP contribution in [0, 0.1) is 11.8 Å². The Morgan fingerprint density at radius 2 is 2.09 bits per heavy atom. The SMILES string of the molecule is O[C@]1(C(Br)Br)C[C@H]2CC[C@@H]1C2. The molecule has 0 heterocycles. The monoisotopic (exact) mass is 282 g/mol. The molecular formula is C8H12Br2O. The summed E-state index contributed by atoms with van der Waals surface area (Å²) >= 11 is 6.85. The molecule has 64 valence electrons. The van der Waals surface area contributed by atoms with Crippen molar-refractivity contribution in [2.24, 2.45) is 11.8 Å². The first kappa shape index (κ1) is 8.52. The maximum atomic E-state index is 10.2. The van der Waals surface area contributed by atoms with Crippen molar-refractivity contribution in [3.63, 3.8) is 0 Å².